The van der Waals surface area contributed by atoms with Crippen molar-refractivity contribution in [1.82, 2.24) is 4.90 Å². The van der Waals surface area contributed by atoms with Crippen molar-refractivity contribution in [3.8, 4) is 0 Å². The lowest BCUT2D eigenvalue weighted by atomic mass is 9.96. The molecule has 3 heteroatoms. The van der Waals surface area contributed by atoms with Gasteiger partial charge in [0.2, 0.25) is 5.91 Å². The predicted molar refractivity (Wildman–Crippen MR) is 71.7 cm³/mol. The summed E-state index contributed by atoms with van der Waals surface area (Å²) in [6.07, 6.45) is 0.374. The Labute approximate surface area is 104 Å². The van der Waals surface area contributed by atoms with Crippen LogP contribution < -0.4 is 5.73 Å². The zero-order valence-electron chi connectivity index (χ0n) is 11.2. The summed E-state index contributed by atoms with van der Waals surface area (Å²) in [6, 6.07) is 7.51. The number of rotatable bonds is 3. The number of carbonyl (C=O) groups excluding carboxylic acids is 1. The fourth-order valence-electron chi connectivity index (χ4n) is 1.79. The van der Waals surface area contributed by atoms with E-state index < -0.39 is 0 Å². The third-order valence-corrected chi connectivity index (χ3v) is 2.53. The van der Waals surface area contributed by atoms with Crippen LogP contribution >= 0.6 is 0 Å². The molecule has 0 heterocycles. The number of amides is 1. The van der Waals surface area contributed by atoms with Crippen LogP contribution in [0.1, 0.15) is 26.3 Å². The standard InChI is InChI=1S/C14H22N2O/c1-14(2,3)10-16(4)13(17)9-11-7-5-6-8-12(11)15/h5-8H,9-10,15H2,1-4H3. The Balaban J connectivity index is 2.64. The zero-order chi connectivity index (χ0) is 13.1. The highest BCUT2D eigenvalue weighted by Gasteiger charge is 2.18. The van der Waals surface area contributed by atoms with Crippen molar-refractivity contribution in [3.05, 3.63) is 29.8 Å². The summed E-state index contributed by atoms with van der Waals surface area (Å²) in [4.78, 5) is 13.8. The molecular formula is C14H22N2O. The third-order valence-electron chi connectivity index (χ3n) is 2.53. The van der Waals surface area contributed by atoms with Crippen LogP contribution in [0.25, 0.3) is 0 Å². The number of anilines is 1. The van der Waals surface area contributed by atoms with E-state index in [1.165, 1.54) is 0 Å². The molecule has 0 aliphatic carbocycles. The molecule has 2 N–H and O–H groups in total. The highest BCUT2D eigenvalue weighted by molar-refractivity contribution is 5.80. The van der Waals surface area contributed by atoms with E-state index in [1.807, 2.05) is 31.3 Å². The molecule has 0 aromatic heterocycles. The summed E-state index contributed by atoms with van der Waals surface area (Å²) in [5.41, 5.74) is 7.53. The van der Waals surface area contributed by atoms with Gasteiger partial charge in [0, 0.05) is 19.3 Å². The first kappa shape index (κ1) is 13.6. The molecule has 1 aromatic rings. The zero-order valence-corrected chi connectivity index (χ0v) is 11.2. The van der Waals surface area contributed by atoms with E-state index in [1.54, 1.807) is 4.90 Å². The van der Waals surface area contributed by atoms with E-state index in [2.05, 4.69) is 20.8 Å². The van der Waals surface area contributed by atoms with Gasteiger partial charge in [-0.2, -0.15) is 0 Å². The molecule has 0 aliphatic heterocycles. The molecule has 3 nitrogen and oxygen atoms in total. The number of nitrogens with two attached hydrogens (primary N) is 1. The molecule has 0 aliphatic rings. The number of hydrogen-bond acceptors (Lipinski definition) is 2. The minimum absolute atomic E-state index is 0.109. The van der Waals surface area contributed by atoms with E-state index in [9.17, 15) is 4.79 Å². The maximum atomic E-state index is 12.0. The number of hydrogen-bond donors (Lipinski definition) is 1. The van der Waals surface area contributed by atoms with E-state index in [0.29, 0.717) is 12.1 Å². The van der Waals surface area contributed by atoms with Gasteiger partial charge in [-0.25, -0.2) is 0 Å². The van der Waals surface area contributed by atoms with Crippen LogP contribution in [0.15, 0.2) is 24.3 Å². The fourth-order valence-corrected chi connectivity index (χ4v) is 1.79. The van der Waals surface area contributed by atoms with Crippen LogP contribution in [-0.2, 0) is 11.2 Å². The van der Waals surface area contributed by atoms with Gasteiger partial charge in [0.25, 0.3) is 0 Å². The van der Waals surface area contributed by atoms with Crippen molar-refractivity contribution in [2.45, 2.75) is 27.2 Å². The second-order valence-electron chi connectivity index (χ2n) is 5.69. The third kappa shape index (κ3) is 4.47. The van der Waals surface area contributed by atoms with Crippen LogP contribution in [0.3, 0.4) is 0 Å². The van der Waals surface area contributed by atoms with Gasteiger partial charge in [-0.3, -0.25) is 4.79 Å². The van der Waals surface area contributed by atoms with E-state index in [4.69, 9.17) is 5.73 Å². The topological polar surface area (TPSA) is 46.3 Å². The minimum atomic E-state index is 0.109. The molecule has 0 saturated heterocycles. The number of nitrogen functional groups attached to an aromatic ring is 1. The molecule has 0 bridgehead atoms. The summed E-state index contributed by atoms with van der Waals surface area (Å²) in [6.45, 7) is 7.10. The Bertz CT molecular complexity index is 393. The molecule has 0 fully saturated rings. The second kappa shape index (κ2) is 5.21. The van der Waals surface area contributed by atoms with Gasteiger partial charge in [-0.1, -0.05) is 39.0 Å². The van der Waals surface area contributed by atoms with Crippen LogP contribution in [-0.4, -0.2) is 24.4 Å². The van der Waals surface area contributed by atoms with Gasteiger partial charge < -0.3 is 10.6 Å². The predicted octanol–water partition coefficient (Wildman–Crippen LogP) is 2.32. The lowest BCUT2D eigenvalue weighted by molar-refractivity contribution is -0.130. The van der Waals surface area contributed by atoms with Crippen molar-refractivity contribution in [3.63, 3.8) is 0 Å². The van der Waals surface area contributed by atoms with Crippen molar-refractivity contribution < 1.29 is 4.79 Å². The van der Waals surface area contributed by atoms with Crippen LogP contribution in [0, 0.1) is 5.41 Å². The van der Waals surface area contributed by atoms with Crippen molar-refractivity contribution in [1.29, 1.82) is 0 Å². The first-order valence-electron chi connectivity index (χ1n) is 5.87. The smallest absolute Gasteiger partial charge is 0.226 e. The molecule has 0 atom stereocenters. The SMILES string of the molecule is CN(CC(C)(C)C)C(=O)Cc1ccccc1N. The average molecular weight is 234 g/mol. The number of para-hydroxylation sites is 1. The quantitative estimate of drug-likeness (QED) is 0.816. The van der Waals surface area contributed by atoms with Gasteiger partial charge >= 0.3 is 0 Å². The van der Waals surface area contributed by atoms with Gasteiger partial charge in [0.1, 0.15) is 0 Å². The maximum absolute atomic E-state index is 12.0. The summed E-state index contributed by atoms with van der Waals surface area (Å²) < 4.78 is 0. The molecule has 1 rings (SSSR count). The molecule has 1 aromatic carbocycles. The number of likely N-dealkylation sites (N-methyl/N-ethyl adjacent to an activating group) is 1. The van der Waals surface area contributed by atoms with Gasteiger partial charge in [-0.15, -0.1) is 0 Å². The molecule has 0 unspecified atom stereocenters. The Kier molecular flexibility index (Phi) is 4.16. The number of benzene rings is 1. The van der Waals surface area contributed by atoms with Gasteiger partial charge in [-0.05, 0) is 17.0 Å². The largest absolute Gasteiger partial charge is 0.398 e. The Morgan fingerprint density at radius 1 is 1.29 bits per heavy atom. The molecule has 0 saturated carbocycles. The summed E-state index contributed by atoms with van der Waals surface area (Å²) >= 11 is 0. The molecule has 0 spiro atoms. The fraction of sp³-hybridized carbons (Fsp3) is 0.500. The van der Waals surface area contributed by atoms with E-state index >= 15 is 0 Å². The molecule has 1 amide bonds. The Morgan fingerprint density at radius 3 is 2.41 bits per heavy atom. The average Bonchev–Trinajstić information content (AvgIpc) is 2.18. The molecule has 0 radical (unpaired) electrons. The summed E-state index contributed by atoms with van der Waals surface area (Å²) in [5, 5.41) is 0. The van der Waals surface area contributed by atoms with Crippen molar-refractivity contribution in [2.75, 3.05) is 19.3 Å². The maximum Gasteiger partial charge on any atom is 0.226 e. The highest BCUT2D eigenvalue weighted by Crippen LogP contribution is 2.16. The second-order valence-corrected chi connectivity index (χ2v) is 5.69. The van der Waals surface area contributed by atoms with Crippen molar-refractivity contribution in [2.24, 2.45) is 5.41 Å². The van der Waals surface area contributed by atoms with E-state index in [-0.39, 0.29) is 11.3 Å². The van der Waals surface area contributed by atoms with Crippen LogP contribution in [0.5, 0.6) is 0 Å². The molecule has 17 heavy (non-hydrogen) atoms. The molecule has 94 valence electrons. The van der Waals surface area contributed by atoms with Gasteiger partial charge in [0.05, 0.1) is 6.42 Å². The first-order chi connectivity index (χ1) is 7.79. The highest BCUT2D eigenvalue weighted by atomic mass is 16.2. The lowest BCUT2D eigenvalue weighted by Crippen LogP contribution is -2.35. The van der Waals surface area contributed by atoms with Crippen LogP contribution in [0.4, 0.5) is 5.69 Å². The van der Waals surface area contributed by atoms with E-state index in [0.717, 1.165) is 12.1 Å². The number of carbonyl (C=O) groups is 1. The Morgan fingerprint density at radius 2 is 1.88 bits per heavy atom. The normalized spacial score (nSPS) is 11.3. The monoisotopic (exact) mass is 234 g/mol. The minimum Gasteiger partial charge on any atom is -0.398 e. The van der Waals surface area contributed by atoms with Crippen LogP contribution in [0.2, 0.25) is 0 Å². The molecular weight excluding hydrogens is 212 g/mol. The summed E-state index contributed by atoms with van der Waals surface area (Å²) in [7, 11) is 1.84. The summed E-state index contributed by atoms with van der Waals surface area (Å²) in [5.74, 6) is 0.109. The van der Waals surface area contributed by atoms with Gasteiger partial charge in [0.15, 0.2) is 0 Å². The Hall–Kier alpha value is -1.51. The van der Waals surface area contributed by atoms with Crippen molar-refractivity contribution >= 4 is 11.6 Å². The first-order valence-corrected chi connectivity index (χ1v) is 5.87. The lowest BCUT2D eigenvalue weighted by Gasteiger charge is -2.26. The number of nitrogens with zero attached hydrogens (tertiary/aromatic N) is 1.